The zero-order valence-corrected chi connectivity index (χ0v) is 20.1. The van der Waals surface area contributed by atoms with Crippen molar-refractivity contribution < 1.29 is 9.32 Å². The Balaban J connectivity index is 1.54. The standard InChI is InChI=1S/C24H22ClN7O3/c1-13(27-23(33)20-14(2)29-32-10-5-9-26-22(20)32)18-12-16-6-4-7-17(25)21(16)24(34)31(18)11-8-19-28-15(3)30-35-19/h4-7,9-10,12-13H,8,11H2,1-3H3,(H,27,33)/t13-/m0/s1. The Kier molecular flexibility index (Phi) is 5.81. The Bertz CT molecular complexity index is 1640. The van der Waals surface area contributed by atoms with Crippen molar-refractivity contribution in [2.45, 2.75) is 39.8 Å². The van der Waals surface area contributed by atoms with Gasteiger partial charge in [0, 0.05) is 31.1 Å². The lowest BCUT2D eigenvalue weighted by atomic mass is 10.1. The van der Waals surface area contributed by atoms with Gasteiger partial charge in [0.25, 0.3) is 11.5 Å². The van der Waals surface area contributed by atoms with Gasteiger partial charge >= 0.3 is 0 Å². The lowest BCUT2D eigenvalue weighted by Crippen LogP contribution is -2.33. The number of halogens is 1. The molecule has 0 unspecified atom stereocenters. The number of carbonyl (C=O) groups excluding carboxylic acids is 1. The van der Waals surface area contributed by atoms with E-state index in [2.05, 4.69) is 25.5 Å². The fourth-order valence-corrected chi connectivity index (χ4v) is 4.48. The number of rotatable bonds is 6. The number of carbonyl (C=O) groups is 1. The second-order valence-corrected chi connectivity index (χ2v) is 8.67. The molecule has 5 aromatic rings. The molecule has 0 radical (unpaired) electrons. The van der Waals surface area contributed by atoms with E-state index in [0.717, 1.165) is 0 Å². The lowest BCUT2D eigenvalue weighted by molar-refractivity contribution is 0.0939. The highest BCUT2D eigenvalue weighted by atomic mass is 35.5. The van der Waals surface area contributed by atoms with Gasteiger partial charge in [-0.05, 0) is 44.4 Å². The summed E-state index contributed by atoms with van der Waals surface area (Å²) < 4.78 is 8.38. The van der Waals surface area contributed by atoms with Crippen LogP contribution in [-0.2, 0) is 13.0 Å². The number of fused-ring (bicyclic) bond motifs is 2. The van der Waals surface area contributed by atoms with Gasteiger partial charge in [-0.25, -0.2) is 9.50 Å². The van der Waals surface area contributed by atoms with Gasteiger partial charge in [0.2, 0.25) is 5.89 Å². The van der Waals surface area contributed by atoms with Gasteiger partial charge < -0.3 is 14.4 Å². The Labute approximate surface area is 204 Å². The Morgan fingerprint density at radius 2 is 2.09 bits per heavy atom. The molecule has 0 fully saturated rings. The molecule has 178 valence electrons. The van der Waals surface area contributed by atoms with Crippen molar-refractivity contribution >= 4 is 33.9 Å². The third-order valence-electron chi connectivity index (χ3n) is 5.83. The van der Waals surface area contributed by atoms with E-state index in [1.165, 1.54) is 0 Å². The van der Waals surface area contributed by atoms with Crippen LogP contribution in [0.1, 0.15) is 46.4 Å². The Morgan fingerprint density at radius 3 is 2.86 bits per heavy atom. The third-order valence-corrected chi connectivity index (χ3v) is 6.14. The molecular formula is C24H22ClN7O3. The van der Waals surface area contributed by atoms with Gasteiger partial charge in [0.1, 0.15) is 5.56 Å². The Morgan fingerprint density at radius 1 is 1.26 bits per heavy atom. The van der Waals surface area contributed by atoms with Crippen LogP contribution in [0.5, 0.6) is 0 Å². The first-order valence-corrected chi connectivity index (χ1v) is 11.4. The molecule has 4 heterocycles. The summed E-state index contributed by atoms with van der Waals surface area (Å²) in [5.74, 6) is 0.609. The van der Waals surface area contributed by atoms with Crippen molar-refractivity contribution in [3.8, 4) is 0 Å². The van der Waals surface area contributed by atoms with Gasteiger partial charge in [-0.2, -0.15) is 10.1 Å². The molecule has 5 rings (SSSR count). The van der Waals surface area contributed by atoms with E-state index in [0.29, 0.717) is 56.5 Å². The Hall–Kier alpha value is -4.05. The molecule has 35 heavy (non-hydrogen) atoms. The van der Waals surface area contributed by atoms with Crippen molar-refractivity contribution in [3.63, 3.8) is 0 Å². The van der Waals surface area contributed by atoms with E-state index in [9.17, 15) is 9.59 Å². The quantitative estimate of drug-likeness (QED) is 0.386. The van der Waals surface area contributed by atoms with Crippen molar-refractivity contribution in [1.82, 2.24) is 34.6 Å². The van der Waals surface area contributed by atoms with E-state index in [4.69, 9.17) is 16.1 Å². The van der Waals surface area contributed by atoms with Crippen LogP contribution in [0.2, 0.25) is 5.02 Å². The smallest absolute Gasteiger partial charge is 0.260 e. The maximum Gasteiger partial charge on any atom is 0.260 e. The highest BCUT2D eigenvalue weighted by Crippen LogP contribution is 2.24. The minimum absolute atomic E-state index is 0.255. The van der Waals surface area contributed by atoms with Gasteiger partial charge in [0.05, 0.1) is 22.1 Å². The average molecular weight is 492 g/mol. The molecule has 0 aliphatic carbocycles. The molecule has 1 aromatic carbocycles. The largest absolute Gasteiger partial charge is 0.344 e. The second kappa shape index (κ2) is 8.95. The number of aryl methyl sites for hydroxylation is 3. The minimum Gasteiger partial charge on any atom is -0.344 e. The van der Waals surface area contributed by atoms with Gasteiger partial charge in [-0.15, -0.1) is 0 Å². The van der Waals surface area contributed by atoms with Crippen LogP contribution < -0.4 is 10.9 Å². The highest BCUT2D eigenvalue weighted by molar-refractivity contribution is 6.35. The molecular weight excluding hydrogens is 470 g/mol. The number of pyridine rings is 1. The SMILES string of the molecule is Cc1noc(CCn2c([C@H](C)NC(=O)c3c(C)nn4cccnc34)cc3cccc(Cl)c3c2=O)n1. The minimum atomic E-state index is -0.513. The second-order valence-electron chi connectivity index (χ2n) is 8.26. The van der Waals surface area contributed by atoms with E-state index in [1.54, 1.807) is 53.5 Å². The number of nitrogens with one attached hydrogen (secondary N) is 1. The van der Waals surface area contributed by atoms with Gasteiger partial charge in [-0.3, -0.25) is 9.59 Å². The first-order valence-electron chi connectivity index (χ1n) is 11.1. The van der Waals surface area contributed by atoms with Crippen LogP contribution in [-0.4, -0.2) is 35.2 Å². The molecule has 1 amide bonds. The first-order chi connectivity index (χ1) is 16.8. The van der Waals surface area contributed by atoms with Crippen molar-refractivity contribution in [1.29, 1.82) is 0 Å². The molecule has 0 bridgehead atoms. The van der Waals surface area contributed by atoms with E-state index in [1.807, 2.05) is 19.1 Å². The van der Waals surface area contributed by atoms with Crippen molar-refractivity contribution in [3.05, 3.63) is 86.8 Å². The fourth-order valence-electron chi connectivity index (χ4n) is 4.22. The maximum absolute atomic E-state index is 13.5. The molecule has 4 aromatic heterocycles. The highest BCUT2D eigenvalue weighted by Gasteiger charge is 2.23. The van der Waals surface area contributed by atoms with Crippen LogP contribution in [0.3, 0.4) is 0 Å². The van der Waals surface area contributed by atoms with Crippen LogP contribution in [0, 0.1) is 13.8 Å². The van der Waals surface area contributed by atoms with Crippen molar-refractivity contribution in [2.24, 2.45) is 0 Å². The summed E-state index contributed by atoms with van der Waals surface area (Å²) >= 11 is 6.37. The number of aromatic nitrogens is 6. The van der Waals surface area contributed by atoms with Crippen LogP contribution in [0.25, 0.3) is 16.4 Å². The summed E-state index contributed by atoms with van der Waals surface area (Å²) in [6.45, 7) is 5.59. The van der Waals surface area contributed by atoms with Crippen LogP contribution >= 0.6 is 11.6 Å². The summed E-state index contributed by atoms with van der Waals surface area (Å²) in [7, 11) is 0. The molecule has 0 aliphatic rings. The summed E-state index contributed by atoms with van der Waals surface area (Å²) in [5, 5.41) is 12.7. The molecule has 0 saturated heterocycles. The summed E-state index contributed by atoms with van der Waals surface area (Å²) in [5.41, 5.74) is 1.77. The molecule has 0 aliphatic heterocycles. The molecule has 1 atom stereocenters. The average Bonchev–Trinajstić information content (AvgIpc) is 3.39. The van der Waals surface area contributed by atoms with E-state index in [-0.39, 0.29) is 18.0 Å². The third kappa shape index (κ3) is 4.17. The number of hydrogen-bond donors (Lipinski definition) is 1. The summed E-state index contributed by atoms with van der Waals surface area (Å²) in [6, 6.07) is 8.40. The summed E-state index contributed by atoms with van der Waals surface area (Å²) in [4.78, 5) is 35.3. The molecule has 10 nitrogen and oxygen atoms in total. The predicted molar refractivity (Wildman–Crippen MR) is 130 cm³/mol. The maximum atomic E-state index is 13.5. The van der Waals surface area contributed by atoms with E-state index < -0.39 is 6.04 Å². The van der Waals surface area contributed by atoms with Crippen LogP contribution in [0.15, 0.2) is 52.0 Å². The molecule has 1 N–H and O–H groups in total. The topological polar surface area (TPSA) is 120 Å². The number of benzene rings is 1. The molecule has 0 spiro atoms. The molecule has 11 heteroatoms. The monoisotopic (exact) mass is 491 g/mol. The number of nitrogens with zero attached hydrogens (tertiary/aromatic N) is 6. The lowest BCUT2D eigenvalue weighted by Gasteiger charge is -2.21. The predicted octanol–water partition coefficient (Wildman–Crippen LogP) is 3.43. The fraction of sp³-hybridized carbons (Fsp3) is 0.250. The molecule has 0 saturated carbocycles. The normalized spacial score (nSPS) is 12.3. The zero-order chi connectivity index (χ0) is 24.7. The van der Waals surface area contributed by atoms with Gasteiger partial charge in [-0.1, -0.05) is 28.9 Å². The van der Waals surface area contributed by atoms with E-state index >= 15 is 0 Å². The van der Waals surface area contributed by atoms with Gasteiger partial charge in [0.15, 0.2) is 11.5 Å². The zero-order valence-electron chi connectivity index (χ0n) is 19.3. The number of amides is 1. The first kappa shape index (κ1) is 22.7. The number of hydrogen-bond acceptors (Lipinski definition) is 7. The van der Waals surface area contributed by atoms with Crippen molar-refractivity contribution in [2.75, 3.05) is 0 Å². The summed E-state index contributed by atoms with van der Waals surface area (Å²) in [6.07, 6.45) is 3.70. The van der Waals surface area contributed by atoms with Crippen LogP contribution in [0.4, 0.5) is 0 Å².